The second-order valence-corrected chi connectivity index (χ2v) is 7.71. The third-order valence-corrected chi connectivity index (χ3v) is 5.33. The van der Waals surface area contributed by atoms with Crippen molar-refractivity contribution in [2.45, 2.75) is 45.6 Å². The van der Waals surface area contributed by atoms with Crippen LogP contribution in [0.25, 0.3) is 0 Å². The van der Waals surface area contributed by atoms with Gasteiger partial charge in [0.25, 0.3) is 0 Å². The maximum atomic E-state index is 12.5. The maximum Gasteiger partial charge on any atom is 0.224 e. The van der Waals surface area contributed by atoms with E-state index in [4.69, 9.17) is 4.74 Å². The van der Waals surface area contributed by atoms with Gasteiger partial charge < -0.3 is 10.1 Å². The molecule has 154 valence electrons. The van der Waals surface area contributed by atoms with Crippen LogP contribution in [0.5, 0.6) is 5.75 Å². The Morgan fingerprint density at radius 1 is 1.00 bits per heavy atom. The smallest absolute Gasteiger partial charge is 0.224 e. The maximum absolute atomic E-state index is 12.5. The Bertz CT molecular complexity index is 840. The molecule has 2 aromatic rings. The van der Waals surface area contributed by atoms with Gasteiger partial charge in [0.05, 0.1) is 12.7 Å². The number of likely N-dealkylation sites (tertiary alicyclic amines) is 1. The fourth-order valence-corrected chi connectivity index (χ4v) is 3.69. The molecule has 1 heterocycles. The van der Waals surface area contributed by atoms with Gasteiger partial charge in [-0.15, -0.1) is 0 Å². The van der Waals surface area contributed by atoms with Crippen molar-refractivity contribution in [3.05, 3.63) is 59.2 Å². The molecule has 2 aromatic carbocycles. The first-order valence-electron chi connectivity index (χ1n) is 10.3. The number of nitrogens with zero attached hydrogens (tertiary/aromatic N) is 1. The van der Waals surface area contributed by atoms with E-state index in [1.165, 1.54) is 24.8 Å². The lowest BCUT2D eigenvalue weighted by atomic mass is 10.0. The van der Waals surface area contributed by atoms with Crippen LogP contribution in [0, 0.1) is 6.92 Å². The van der Waals surface area contributed by atoms with Crippen molar-refractivity contribution >= 4 is 17.4 Å². The Balaban J connectivity index is 1.49. The fraction of sp³-hybridized carbons (Fsp3) is 0.417. The molecule has 1 saturated heterocycles. The van der Waals surface area contributed by atoms with Crippen LogP contribution in [0.1, 0.15) is 53.6 Å². The molecule has 1 N–H and O–H groups in total. The second kappa shape index (κ2) is 10.2. The van der Waals surface area contributed by atoms with E-state index < -0.39 is 0 Å². The zero-order chi connectivity index (χ0) is 20.6. The van der Waals surface area contributed by atoms with Gasteiger partial charge in [0, 0.05) is 25.1 Å². The standard InChI is InChI=1S/C24H30N2O3/c1-18-6-12-23(29-2)21(16-18)22(27)11-13-24(28)25-20-9-7-19(8-10-20)17-26-14-4-3-5-15-26/h6-10,12,16H,3-5,11,13-15,17H2,1-2H3,(H,25,28). The number of carbonyl (C=O) groups excluding carboxylic acids is 2. The molecule has 0 atom stereocenters. The highest BCUT2D eigenvalue weighted by molar-refractivity contribution is 6.01. The number of rotatable bonds is 8. The minimum Gasteiger partial charge on any atom is -0.496 e. The van der Waals surface area contributed by atoms with E-state index in [0.29, 0.717) is 11.3 Å². The SMILES string of the molecule is COc1ccc(C)cc1C(=O)CCC(=O)Nc1ccc(CN2CCCCC2)cc1. The van der Waals surface area contributed by atoms with Gasteiger partial charge in [-0.05, 0) is 62.7 Å². The lowest BCUT2D eigenvalue weighted by Crippen LogP contribution is -2.29. The van der Waals surface area contributed by atoms with Gasteiger partial charge in [-0.3, -0.25) is 14.5 Å². The molecule has 0 unspecified atom stereocenters. The molecule has 29 heavy (non-hydrogen) atoms. The van der Waals surface area contributed by atoms with E-state index in [-0.39, 0.29) is 24.5 Å². The molecule has 0 saturated carbocycles. The molecular formula is C24H30N2O3. The summed E-state index contributed by atoms with van der Waals surface area (Å²) in [5.41, 5.74) is 3.54. The summed E-state index contributed by atoms with van der Waals surface area (Å²) in [5, 5.41) is 2.88. The largest absolute Gasteiger partial charge is 0.496 e. The van der Waals surface area contributed by atoms with Gasteiger partial charge in [0.1, 0.15) is 5.75 Å². The van der Waals surface area contributed by atoms with Crippen LogP contribution in [0.15, 0.2) is 42.5 Å². The first-order valence-corrected chi connectivity index (χ1v) is 10.3. The number of nitrogens with one attached hydrogen (secondary N) is 1. The van der Waals surface area contributed by atoms with Gasteiger partial charge in [-0.25, -0.2) is 0 Å². The van der Waals surface area contributed by atoms with Crippen molar-refractivity contribution in [1.82, 2.24) is 4.90 Å². The van der Waals surface area contributed by atoms with Crippen LogP contribution >= 0.6 is 0 Å². The number of ether oxygens (including phenoxy) is 1. The molecule has 0 bridgehead atoms. The number of aryl methyl sites for hydroxylation is 1. The van der Waals surface area contributed by atoms with Crippen molar-refractivity contribution in [2.75, 3.05) is 25.5 Å². The molecule has 1 fully saturated rings. The van der Waals surface area contributed by atoms with E-state index in [9.17, 15) is 9.59 Å². The average molecular weight is 395 g/mol. The first-order chi connectivity index (χ1) is 14.0. The summed E-state index contributed by atoms with van der Waals surface area (Å²) >= 11 is 0. The molecule has 5 heteroatoms. The lowest BCUT2D eigenvalue weighted by molar-refractivity contribution is -0.116. The Morgan fingerprint density at radius 2 is 1.72 bits per heavy atom. The van der Waals surface area contributed by atoms with Crippen LogP contribution in [0.2, 0.25) is 0 Å². The molecule has 3 rings (SSSR count). The summed E-state index contributed by atoms with van der Waals surface area (Å²) in [7, 11) is 1.54. The van der Waals surface area contributed by atoms with Gasteiger partial charge >= 0.3 is 0 Å². The molecule has 1 aliphatic rings. The number of amides is 1. The van der Waals surface area contributed by atoms with E-state index in [0.717, 1.165) is 30.9 Å². The number of hydrogen-bond donors (Lipinski definition) is 1. The van der Waals surface area contributed by atoms with E-state index in [1.807, 2.05) is 25.1 Å². The molecule has 5 nitrogen and oxygen atoms in total. The Labute approximate surface area is 173 Å². The zero-order valence-electron chi connectivity index (χ0n) is 17.4. The molecule has 1 amide bonds. The van der Waals surface area contributed by atoms with Crippen LogP contribution in [0.4, 0.5) is 5.69 Å². The number of methoxy groups -OCH3 is 1. The van der Waals surface area contributed by atoms with Crippen molar-refractivity contribution in [3.63, 3.8) is 0 Å². The number of piperidine rings is 1. The summed E-state index contributed by atoms with van der Waals surface area (Å²) < 4.78 is 5.26. The molecule has 0 aliphatic carbocycles. The van der Waals surface area contributed by atoms with Crippen LogP contribution < -0.4 is 10.1 Å². The lowest BCUT2D eigenvalue weighted by Gasteiger charge is -2.26. The molecule has 0 aromatic heterocycles. The Morgan fingerprint density at radius 3 is 2.41 bits per heavy atom. The first kappa shape index (κ1) is 21.1. The predicted molar refractivity (Wildman–Crippen MR) is 115 cm³/mol. The highest BCUT2D eigenvalue weighted by Gasteiger charge is 2.15. The molecule has 1 aliphatic heterocycles. The summed E-state index contributed by atoms with van der Waals surface area (Å²) in [4.78, 5) is 27.2. The minimum atomic E-state index is -0.159. The number of benzene rings is 2. The highest BCUT2D eigenvalue weighted by atomic mass is 16.5. The number of hydrogen-bond acceptors (Lipinski definition) is 4. The van der Waals surface area contributed by atoms with E-state index in [2.05, 4.69) is 22.3 Å². The molecule has 0 radical (unpaired) electrons. The normalized spacial score (nSPS) is 14.4. The number of ketones is 1. The fourth-order valence-electron chi connectivity index (χ4n) is 3.69. The number of Topliss-reactive ketones (excluding diaryl/α,β-unsaturated/α-hetero) is 1. The third-order valence-electron chi connectivity index (χ3n) is 5.33. The van der Waals surface area contributed by atoms with Gasteiger partial charge in [0.2, 0.25) is 5.91 Å². The molecule has 0 spiro atoms. The van der Waals surface area contributed by atoms with Crippen LogP contribution in [-0.2, 0) is 11.3 Å². The van der Waals surface area contributed by atoms with Crippen molar-refractivity contribution in [3.8, 4) is 5.75 Å². The van der Waals surface area contributed by atoms with Crippen LogP contribution in [0.3, 0.4) is 0 Å². The van der Waals surface area contributed by atoms with Gasteiger partial charge in [0.15, 0.2) is 5.78 Å². The van der Waals surface area contributed by atoms with Crippen molar-refractivity contribution < 1.29 is 14.3 Å². The van der Waals surface area contributed by atoms with Gasteiger partial charge in [-0.2, -0.15) is 0 Å². The summed E-state index contributed by atoms with van der Waals surface area (Å²) in [6, 6.07) is 13.5. The van der Waals surface area contributed by atoms with E-state index in [1.54, 1.807) is 19.2 Å². The summed E-state index contributed by atoms with van der Waals surface area (Å²) in [5.74, 6) is 0.302. The summed E-state index contributed by atoms with van der Waals surface area (Å²) in [6.07, 6.45) is 4.19. The quantitative estimate of drug-likeness (QED) is 0.665. The van der Waals surface area contributed by atoms with Crippen LogP contribution in [-0.4, -0.2) is 36.8 Å². The van der Waals surface area contributed by atoms with Gasteiger partial charge in [-0.1, -0.05) is 30.2 Å². The topological polar surface area (TPSA) is 58.6 Å². The van der Waals surface area contributed by atoms with E-state index >= 15 is 0 Å². The highest BCUT2D eigenvalue weighted by Crippen LogP contribution is 2.22. The molecular weight excluding hydrogens is 364 g/mol. The minimum absolute atomic E-state index is 0.0856. The summed E-state index contributed by atoms with van der Waals surface area (Å²) in [6.45, 7) is 5.22. The zero-order valence-corrected chi connectivity index (χ0v) is 17.4. The Hall–Kier alpha value is -2.66. The third kappa shape index (κ3) is 6.16. The Kier molecular flexibility index (Phi) is 7.42. The van der Waals surface area contributed by atoms with Crippen molar-refractivity contribution in [1.29, 1.82) is 0 Å². The number of anilines is 1. The average Bonchev–Trinajstić information content (AvgIpc) is 2.74. The number of carbonyl (C=O) groups is 2. The monoisotopic (exact) mass is 394 g/mol. The predicted octanol–water partition coefficient (Wildman–Crippen LogP) is 4.59. The van der Waals surface area contributed by atoms with Crippen molar-refractivity contribution in [2.24, 2.45) is 0 Å². The second-order valence-electron chi connectivity index (χ2n) is 7.71.